The number of hydrogen-bond donors (Lipinski definition) is 2. The van der Waals surface area contributed by atoms with Gasteiger partial charge in [0, 0.05) is 35.6 Å². The average molecular weight is 523 g/mol. The van der Waals surface area contributed by atoms with Crippen molar-refractivity contribution in [2.24, 2.45) is 0 Å². The molecule has 0 radical (unpaired) electrons. The Morgan fingerprint density at radius 1 is 1.03 bits per heavy atom. The van der Waals surface area contributed by atoms with Gasteiger partial charge in [0.05, 0.1) is 42.6 Å². The van der Waals surface area contributed by atoms with E-state index in [-0.39, 0.29) is 23.1 Å². The van der Waals surface area contributed by atoms with Crippen LogP contribution in [0.1, 0.15) is 32.0 Å². The summed E-state index contributed by atoms with van der Waals surface area (Å²) in [6, 6.07) is 18.3. The SMILES string of the molecule is Cc1cc(Oc2ccccc2)ncc1-n1ncc(C(=O)c2cc3cc(C(=O)N4CCOCC4)ccc3[nH]2)c1N. The number of ketones is 1. The summed E-state index contributed by atoms with van der Waals surface area (Å²) < 4.78 is 12.6. The van der Waals surface area contributed by atoms with Gasteiger partial charge >= 0.3 is 0 Å². The minimum absolute atomic E-state index is 0.0519. The van der Waals surface area contributed by atoms with E-state index >= 15 is 0 Å². The summed E-state index contributed by atoms with van der Waals surface area (Å²) >= 11 is 0. The fourth-order valence-electron chi connectivity index (χ4n) is 4.62. The molecule has 0 bridgehead atoms. The molecule has 3 aromatic heterocycles. The molecule has 0 atom stereocenters. The number of aryl methyl sites for hydroxylation is 1. The van der Waals surface area contributed by atoms with Gasteiger partial charge in [0.15, 0.2) is 0 Å². The fourth-order valence-corrected chi connectivity index (χ4v) is 4.62. The number of fused-ring (bicyclic) bond motifs is 1. The quantitative estimate of drug-likeness (QED) is 0.321. The molecular weight excluding hydrogens is 496 g/mol. The molecule has 3 N–H and O–H groups in total. The smallest absolute Gasteiger partial charge is 0.254 e. The van der Waals surface area contributed by atoms with Crippen molar-refractivity contribution in [3.05, 3.63) is 95.4 Å². The van der Waals surface area contributed by atoms with Crippen LogP contribution in [0.2, 0.25) is 0 Å². The highest BCUT2D eigenvalue weighted by atomic mass is 16.5. The Hall–Kier alpha value is -4.96. The lowest BCUT2D eigenvalue weighted by atomic mass is 10.1. The molecule has 1 fully saturated rings. The number of amides is 1. The fraction of sp³-hybridized carbons (Fsp3) is 0.172. The number of nitrogens with one attached hydrogen (secondary N) is 1. The number of nitrogens with zero attached hydrogens (tertiary/aromatic N) is 4. The molecule has 4 heterocycles. The van der Waals surface area contributed by atoms with Crippen LogP contribution in [0, 0.1) is 6.92 Å². The van der Waals surface area contributed by atoms with Gasteiger partial charge < -0.3 is 25.1 Å². The number of aromatic nitrogens is 4. The molecule has 0 saturated carbocycles. The Labute approximate surface area is 224 Å². The van der Waals surface area contributed by atoms with Gasteiger partial charge in [-0.2, -0.15) is 5.10 Å². The van der Waals surface area contributed by atoms with Gasteiger partial charge in [0.1, 0.15) is 11.6 Å². The molecule has 0 aliphatic carbocycles. The molecular formula is C29H26N6O4. The summed E-state index contributed by atoms with van der Waals surface area (Å²) in [5.74, 6) is 0.964. The zero-order valence-electron chi connectivity index (χ0n) is 21.3. The summed E-state index contributed by atoms with van der Waals surface area (Å²) in [4.78, 5) is 35.6. The lowest BCUT2D eigenvalue weighted by Crippen LogP contribution is -2.40. The topological polar surface area (TPSA) is 128 Å². The number of ether oxygens (including phenoxy) is 2. The van der Waals surface area contributed by atoms with Gasteiger partial charge in [-0.25, -0.2) is 9.67 Å². The predicted octanol–water partition coefficient (Wildman–Crippen LogP) is 4.13. The standard InChI is InChI=1S/C29H26N6O4/c1-18-13-26(39-21-5-3-2-4-6-21)31-17-25(18)35-28(30)22(16-32-35)27(36)24-15-20-14-19(7-8-23(20)33-24)29(37)34-9-11-38-12-10-34/h2-8,13-17,33H,9-12,30H2,1H3. The summed E-state index contributed by atoms with van der Waals surface area (Å²) in [6.07, 6.45) is 3.06. The number of para-hydroxylation sites is 1. The van der Waals surface area contributed by atoms with E-state index in [9.17, 15) is 9.59 Å². The third-order valence-corrected chi connectivity index (χ3v) is 6.71. The van der Waals surface area contributed by atoms with Gasteiger partial charge in [-0.15, -0.1) is 0 Å². The first-order valence-electron chi connectivity index (χ1n) is 12.6. The third kappa shape index (κ3) is 4.73. The first-order valence-corrected chi connectivity index (χ1v) is 12.6. The summed E-state index contributed by atoms with van der Waals surface area (Å²) in [5, 5.41) is 5.13. The number of morpholine rings is 1. The van der Waals surface area contributed by atoms with Crippen LogP contribution in [-0.4, -0.2) is 62.6 Å². The Morgan fingerprint density at radius 2 is 1.82 bits per heavy atom. The van der Waals surface area contributed by atoms with Crippen molar-refractivity contribution in [3.8, 4) is 17.3 Å². The first kappa shape index (κ1) is 24.4. The van der Waals surface area contributed by atoms with Crippen LogP contribution < -0.4 is 10.5 Å². The molecule has 2 aromatic carbocycles. The Morgan fingerprint density at radius 3 is 2.59 bits per heavy atom. The minimum Gasteiger partial charge on any atom is -0.439 e. The van der Waals surface area contributed by atoms with Gasteiger partial charge in [-0.1, -0.05) is 18.2 Å². The summed E-state index contributed by atoms with van der Waals surface area (Å²) in [7, 11) is 0. The molecule has 39 heavy (non-hydrogen) atoms. The Balaban J connectivity index is 1.24. The normalized spacial score (nSPS) is 13.5. The summed E-state index contributed by atoms with van der Waals surface area (Å²) in [6.45, 7) is 4.09. The summed E-state index contributed by atoms with van der Waals surface area (Å²) in [5.41, 5.74) is 9.78. The van der Waals surface area contributed by atoms with E-state index in [1.165, 1.54) is 10.9 Å². The van der Waals surface area contributed by atoms with Crippen molar-refractivity contribution in [2.45, 2.75) is 6.92 Å². The van der Waals surface area contributed by atoms with Crippen LogP contribution in [0.4, 0.5) is 5.82 Å². The number of carbonyl (C=O) groups is 2. The van der Waals surface area contributed by atoms with Crippen LogP contribution in [-0.2, 0) is 4.74 Å². The third-order valence-electron chi connectivity index (χ3n) is 6.71. The molecule has 1 aliphatic heterocycles. The van der Waals surface area contributed by atoms with Crippen LogP contribution in [0.25, 0.3) is 16.6 Å². The molecule has 10 heteroatoms. The van der Waals surface area contributed by atoms with Crippen molar-refractivity contribution in [2.75, 3.05) is 32.0 Å². The number of rotatable bonds is 6. The van der Waals surface area contributed by atoms with Crippen molar-refractivity contribution >= 4 is 28.4 Å². The Kier molecular flexibility index (Phi) is 6.29. The van der Waals surface area contributed by atoms with Crippen LogP contribution in [0.3, 0.4) is 0 Å². The second-order valence-electron chi connectivity index (χ2n) is 9.30. The minimum atomic E-state index is -0.300. The molecule has 1 aliphatic rings. The van der Waals surface area contributed by atoms with Gasteiger partial charge in [0.2, 0.25) is 11.7 Å². The number of nitrogen functional groups attached to an aromatic ring is 1. The maximum atomic E-state index is 13.4. The number of anilines is 1. The number of carbonyl (C=O) groups excluding carboxylic acids is 2. The van der Waals surface area contributed by atoms with Crippen LogP contribution in [0.15, 0.2) is 73.1 Å². The zero-order chi connectivity index (χ0) is 26.9. The van der Waals surface area contributed by atoms with E-state index in [1.54, 1.807) is 41.4 Å². The first-order chi connectivity index (χ1) is 19.0. The van der Waals surface area contributed by atoms with E-state index in [4.69, 9.17) is 15.2 Å². The molecule has 6 rings (SSSR count). The lowest BCUT2D eigenvalue weighted by molar-refractivity contribution is 0.0303. The van der Waals surface area contributed by atoms with Crippen molar-refractivity contribution in [1.82, 2.24) is 24.6 Å². The number of nitrogens with two attached hydrogens (primary N) is 1. The maximum absolute atomic E-state index is 13.4. The molecule has 5 aromatic rings. The van der Waals surface area contributed by atoms with E-state index < -0.39 is 0 Å². The molecule has 10 nitrogen and oxygen atoms in total. The number of aromatic amines is 1. The number of pyridine rings is 1. The van der Waals surface area contributed by atoms with Crippen molar-refractivity contribution < 1.29 is 19.1 Å². The Bertz CT molecular complexity index is 1690. The van der Waals surface area contributed by atoms with Crippen molar-refractivity contribution in [1.29, 1.82) is 0 Å². The van der Waals surface area contributed by atoms with Gasteiger partial charge in [-0.3, -0.25) is 9.59 Å². The average Bonchev–Trinajstić information content (AvgIpc) is 3.56. The van der Waals surface area contributed by atoms with Gasteiger partial charge in [0.25, 0.3) is 5.91 Å². The molecule has 196 valence electrons. The van der Waals surface area contributed by atoms with E-state index in [2.05, 4.69) is 15.1 Å². The maximum Gasteiger partial charge on any atom is 0.254 e. The van der Waals surface area contributed by atoms with E-state index in [1.807, 2.05) is 37.3 Å². The molecule has 1 amide bonds. The molecule has 0 unspecified atom stereocenters. The number of benzene rings is 2. The molecule has 1 saturated heterocycles. The van der Waals surface area contributed by atoms with E-state index in [0.717, 1.165) is 16.5 Å². The number of hydrogen-bond acceptors (Lipinski definition) is 7. The zero-order valence-corrected chi connectivity index (χ0v) is 21.3. The lowest BCUT2D eigenvalue weighted by Gasteiger charge is -2.26. The predicted molar refractivity (Wildman–Crippen MR) is 145 cm³/mol. The van der Waals surface area contributed by atoms with Crippen LogP contribution >= 0.6 is 0 Å². The second-order valence-corrected chi connectivity index (χ2v) is 9.30. The van der Waals surface area contributed by atoms with E-state index in [0.29, 0.717) is 54.9 Å². The highest BCUT2D eigenvalue weighted by molar-refractivity contribution is 6.13. The number of H-pyrrole nitrogens is 1. The molecule has 0 spiro atoms. The highest BCUT2D eigenvalue weighted by Gasteiger charge is 2.22. The van der Waals surface area contributed by atoms with Crippen LogP contribution in [0.5, 0.6) is 11.6 Å². The highest BCUT2D eigenvalue weighted by Crippen LogP contribution is 2.27. The monoisotopic (exact) mass is 522 g/mol. The largest absolute Gasteiger partial charge is 0.439 e. The second kappa shape index (κ2) is 10.1. The van der Waals surface area contributed by atoms with Gasteiger partial charge in [-0.05, 0) is 48.9 Å². The van der Waals surface area contributed by atoms with Crippen molar-refractivity contribution in [3.63, 3.8) is 0 Å².